The Morgan fingerprint density at radius 1 is 1.26 bits per heavy atom. The van der Waals surface area contributed by atoms with Gasteiger partial charge in [-0.25, -0.2) is 0 Å². The minimum absolute atomic E-state index is 0. The van der Waals surface area contributed by atoms with Gasteiger partial charge in [-0.3, -0.25) is 4.79 Å². The molecule has 0 atom stereocenters. The number of carbonyl (C=O) groups is 1. The van der Waals surface area contributed by atoms with Crippen LogP contribution in [0.5, 0.6) is 5.75 Å². The maximum Gasteiger partial charge on any atom is 0.260 e. The lowest BCUT2D eigenvalue weighted by Crippen LogP contribution is -2.48. The lowest BCUT2D eigenvalue weighted by atomic mass is 10.0. The van der Waals surface area contributed by atoms with Crippen molar-refractivity contribution in [3.63, 3.8) is 0 Å². The van der Waals surface area contributed by atoms with Crippen LogP contribution < -0.4 is 10.1 Å². The Morgan fingerprint density at radius 3 is 2.43 bits per heavy atom. The van der Waals surface area contributed by atoms with Gasteiger partial charge in [0.25, 0.3) is 5.91 Å². The summed E-state index contributed by atoms with van der Waals surface area (Å²) in [7, 11) is 0. The first-order valence-corrected chi connectivity index (χ1v) is 8.32. The van der Waals surface area contributed by atoms with Crippen LogP contribution in [-0.4, -0.2) is 43.1 Å². The van der Waals surface area contributed by atoms with Crippen LogP contribution in [0.3, 0.4) is 0 Å². The zero-order chi connectivity index (χ0) is 15.9. The van der Waals surface area contributed by atoms with Crippen LogP contribution in [0.4, 0.5) is 0 Å². The van der Waals surface area contributed by atoms with E-state index in [4.69, 9.17) is 4.74 Å². The summed E-state index contributed by atoms with van der Waals surface area (Å²) in [6.07, 6.45) is 3.06. The first kappa shape index (κ1) is 19.8. The lowest BCUT2D eigenvalue weighted by Gasteiger charge is -2.34. The van der Waals surface area contributed by atoms with Crippen molar-refractivity contribution in [2.75, 3.05) is 26.2 Å². The number of amides is 1. The molecule has 23 heavy (non-hydrogen) atoms. The van der Waals surface area contributed by atoms with E-state index in [9.17, 15) is 4.79 Å². The van der Waals surface area contributed by atoms with E-state index in [1.165, 1.54) is 0 Å². The van der Waals surface area contributed by atoms with E-state index in [0.29, 0.717) is 6.04 Å². The van der Waals surface area contributed by atoms with Gasteiger partial charge >= 0.3 is 0 Å². The van der Waals surface area contributed by atoms with Gasteiger partial charge in [-0.15, -0.1) is 12.4 Å². The highest BCUT2D eigenvalue weighted by atomic mass is 35.5. The highest BCUT2D eigenvalue weighted by Crippen LogP contribution is 2.22. The molecule has 0 unspecified atom stereocenters. The van der Waals surface area contributed by atoms with E-state index in [0.717, 1.165) is 55.8 Å². The number of hydrogen-bond donors (Lipinski definition) is 1. The van der Waals surface area contributed by atoms with E-state index in [1.54, 1.807) is 0 Å². The smallest absolute Gasteiger partial charge is 0.260 e. The van der Waals surface area contributed by atoms with Crippen molar-refractivity contribution < 1.29 is 9.53 Å². The fourth-order valence-electron chi connectivity index (χ4n) is 3.11. The number of nitrogens with zero attached hydrogens (tertiary/aromatic N) is 1. The summed E-state index contributed by atoms with van der Waals surface area (Å²) in [4.78, 5) is 14.6. The molecule has 4 nitrogen and oxygen atoms in total. The number of benzene rings is 1. The van der Waals surface area contributed by atoms with E-state index < -0.39 is 0 Å². The maximum atomic E-state index is 12.6. The molecule has 0 saturated carbocycles. The third-order valence-corrected chi connectivity index (χ3v) is 4.28. The number of hydrogen-bond acceptors (Lipinski definition) is 3. The third kappa shape index (κ3) is 5.40. The molecule has 1 aromatic rings. The number of ether oxygens (including phenoxy) is 1. The van der Waals surface area contributed by atoms with E-state index in [1.807, 2.05) is 36.9 Å². The van der Waals surface area contributed by atoms with Crippen molar-refractivity contribution in [1.29, 1.82) is 0 Å². The fourth-order valence-corrected chi connectivity index (χ4v) is 3.11. The second kappa shape index (κ2) is 9.78. The highest BCUT2D eigenvalue weighted by molar-refractivity contribution is 5.85. The minimum atomic E-state index is 0. The first-order chi connectivity index (χ1) is 10.6. The zero-order valence-corrected chi connectivity index (χ0v) is 15.2. The number of aryl methyl sites for hydroxylation is 2. The van der Waals surface area contributed by atoms with Gasteiger partial charge in [0.15, 0.2) is 6.61 Å². The molecule has 1 aliphatic rings. The molecule has 1 N–H and O–H groups in total. The van der Waals surface area contributed by atoms with Crippen LogP contribution in [0.2, 0.25) is 0 Å². The fraction of sp³-hybridized carbons (Fsp3) is 0.611. The molecule has 1 saturated heterocycles. The first-order valence-electron chi connectivity index (χ1n) is 8.32. The van der Waals surface area contributed by atoms with Crippen molar-refractivity contribution in [3.05, 3.63) is 29.3 Å². The Hall–Kier alpha value is -1.26. The largest absolute Gasteiger partial charge is 0.483 e. The Morgan fingerprint density at radius 2 is 1.87 bits per heavy atom. The van der Waals surface area contributed by atoms with Gasteiger partial charge in [0, 0.05) is 12.6 Å². The molecule has 1 aromatic carbocycles. The number of piperidine rings is 1. The van der Waals surface area contributed by atoms with Gasteiger partial charge in [-0.2, -0.15) is 0 Å². The molecule has 1 aliphatic heterocycles. The SMILES string of the molecule is CCCN(C(=O)COc1c(C)cccc1C)C1CCNCC1.Cl. The van der Waals surface area contributed by atoms with Crippen molar-refractivity contribution in [2.45, 2.75) is 46.1 Å². The van der Waals surface area contributed by atoms with E-state index in [-0.39, 0.29) is 24.9 Å². The summed E-state index contributed by atoms with van der Waals surface area (Å²) < 4.78 is 5.84. The summed E-state index contributed by atoms with van der Waals surface area (Å²) in [6.45, 7) is 9.10. The molecular formula is C18H29ClN2O2. The molecule has 5 heteroatoms. The molecule has 1 heterocycles. The average molecular weight is 341 g/mol. The second-order valence-electron chi connectivity index (χ2n) is 6.08. The lowest BCUT2D eigenvalue weighted by molar-refractivity contribution is -0.136. The molecule has 1 fully saturated rings. The second-order valence-corrected chi connectivity index (χ2v) is 6.08. The molecule has 0 bridgehead atoms. The highest BCUT2D eigenvalue weighted by Gasteiger charge is 2.25. The number of carbonyl (C=O) groups excluding carboxylic acids is 1. The minimum Gasteiger partial charge on any atom is -0.483 e. The molecule has 0 aliphatic carbocycles. The Labute approximate surface area is 146 Å². The predicted octanol–water partition coefficient (Wildman–Crippen LogP) is 3.09. The molecule has 0 radical (unpaired) electrons. The quantitative estimate of drug-likeness (QED) is 0.865. The molecule has 130 valence electrons. The molecule has 2 rings (SSSR count). The molecular weight excluding hydrogens is 312 g/mol. The number of nitrogens with one attached hydrogen (secondary N) is 1. The van der Waals surface area contributed by atoms with Crippen molar-refractivity contribution in [1.82, 2.24) is 10.2 Å². The van der Waals surface area contributed by atoms with Crippen LogP contribution >= 0.6 is 12.4 Å². The van der Waals surface area contributed by atoms with E-state index >= 15 is 0 Å². The van der Waals surface area contributed by atoms with Crippen molar-refractivity contribution in [3.8, 4) is 5.75 Å². The predicted molar refractivity (Wildman–Crippen MR) is 96.6 cm³/mol. The number of halogens is 1. The Balaban J connectivity index is 0.00000264. The third-order valence-electron chi connectivity index (χ3n) is 4.28. The average Bonchev–Trinajstić information content (AvgIpc) is 2.52. The van der Waals surface area contributed by atoms with Gasteiger partial charge in [0.2, 0.25) is 0 Å². The monoisotopic (exact) mass is 340 g/mol. The summed E-state index contributed by atoms with van der Waals surface area (Å²) >= 11 is 0. The summed E-state index contributed by atoms with van der Waals surface area (Å²) in [5, 5.41) is 3.35. The maximum absolute atomic E-state index is 12.6. The number of rotatable bonds is 6. The standard InChI is InChI=1S/C18H28N2O2.ClH/c1-4-12-20(16-8-10-19-11-9-16)17(21)13-22-18-14(2)6-5-7-15(18)3;/h5-7,16,19H,4,8-13H2,1-3H3;1H. The van der Waals surface area contributed by atoms with Gasteiger partial charge < -0.3 is 15.0 Å². The molecule has 0 spiro atoms. The Kier molecular flexibility index (Phi) is 8.42. The topological polar surface area (TPSA) is 41.6 Å². The normalized spacial score (nSPS) is 14.9. The van der Waals surface area contributed by atoms with Crippen molar-refractivity contribution in [2.24, 2.45) is 0 Å². The number of para-hydroxylation sites is 1. The van der Waals surface area contributed by atoms with Crippen LogP contribution in [0, 0.1) is 13.8 Å². The van der Waals surface area contributed by atoms with Crippen LogP contribution in [0.25, 0.3) is 0 Å². The van der Waals surface area contributed by atoms with Gasteiger partial charge in [-0.05, 0) is 57.3 Å². The van der Waals surface area contributed by atoms with Crippen LogP contribution in [0.1, 0.15) is 37.3 Å². The van der Waals surface area contributed by atoms with Crippen LogP contribution in [-0.2, 0) is 4.79 Å². The van der Waals surface area contributed by atoms with E-state index in [2.05, 4.69) is 12.2 Å². The van der Waals surface area contributed by atoms with Gasteiger partial charge in [-0.1, -0.05) is 25.1 Å². The molecule has 0 aromatic heterocycles. The summed E-state index contributed by atoms with van der Waals surface area (Å²) in [5.41, 5.74) is 2.16. The summed E-state index contributed by atoms with van der Waals surface area (Å²) in [6, 6.07) is 6.40. The summed E-state index contributed by atoms with van der Waals surface area (Å²) in [5.74, 6) is 0.953. The van der Waals surface area contributed by atoms with Gasteiger partial charge in [0.05, 0.1) is 0 Å². The van der Waals surface area contributed by atoms with Crippen LogP contribution in [0.15, 0.2) is 18.2 Å². The van der Waals surface area contributed by atoms with Gasteiger partial charge in [0.1, 0.15) is 5.75 Å². The zero-order valence-electron chi connectivity index (χ0n) is 14.4. The molecule has 1 amide bonds. The Bertz CT molecular complexity index is 482. The van der Waals surface area contributed by atoms with Crippen molar-refractivity contribution >= 4 is 18.3 Å².